The molecular weight excluding hydrogens is 232 g/mol. The van der Waals surface area contributed by atoms with Gasteiger partial charge in [-0.1, -0.05) is 12.1 Å². The highest BCUT2D eigenvalue weighted by Gasteiger charge is 2.23. The second-order valence-corrected chi connectivity index (χ2v) is 4.50. The van der Waals surface area contributed by atoms with E-state index in [0.717, 1.165) is 29.7 Å². The Hall–Kier alpha value is -1.10. The molecule has 2 unspecified atom stereocenters. The van der Waals surface area contributed by atoms with Crippen LogP contribution in [-0.2, 0) is 11.2 Å². The van der Waals surface area contributed by atoms with E-state index in [2.05, 4.69) is 0 Å². The van der Waals surface area contributed by atoms with Crippen LogP contribution in [0.4, 0.5) is 0 Å². The maximum absolute atomic E-state index is 9.77. The van der Waals surface area contributed by atoms with Gasteiger partial charge in [-0.05, 0) is 31.4 Å². The average Bonchev–Trinajstić information content (AvgIpc) is 2.76. The SMILES string of the molecule is CCOCC(O)COc1cccc2c1CCC2O. The number of hydrogen-bond acceptors (Lipinski definition) is 4. The molecule has 1 aliphatic rings. The van der Waals surface area contributed by atoms with E-state index < -0.39 is 6.10 Å². The second kappa shape index (κ2) is 6.18. The number of benzene rings is 1. The van der Waals surface area contributed by atoms with E-state index in [4.69, 9.17) is 9.47 Å². The van der Waals surface area contributed by atoms with Gasteiger partial charge in [0.05, 0.1) is 12.7 Å². The van der Waals surface area contributed by atoms with Crippen molar-refractivity contribution in [2.45, 2.75) is 32.0 Å². The smallest absolute Gasteiger partial charge is 0.122 e. The fourth-order valence-electron chi connectivity index (χ4n) is 2.22. The Labute approximate surface area is 107 Å². The van der Waals surface area contributed by atoms with Gasteiger partial charge in [0, 0.05) is 12.2 Å². The van der Waals surface area contributed by atoms with E-state index in [0.29, 0.717) is 6.61 Å². The van der Waals surface area contributed by atoms with Crippen LogP contribution in [0, 0.1) is 0 Å². The van der Waals surface area contributed by atoms with E-state index >= 15 is 0 Å². The van der Waals surface area contributed by atoms with Gasteiger partial charge in [0.2, 0.25) is 0 Å². The molecule has 4 heteroatoms. The van der Waals surface area contributed by atoms with Gasteiger partial charge in [-0.15, -0.1) is 0 Å². The molecule has 18 heavy (non-hydrogen) atoms. The molecule has 4 nitrogen and oxygen atoms in total. The van der Waals surface area contributed by atoms with Crippen LogP contribution in [0.3, 0.4) is 0 Å². The van der Waals surface area contributed by atoms with Crippen LogP contribution in [0.15, 0.2) is 18.2 Å². The average molecular weight is 252 g/mol. The van der Waals surface area contributed by atoms with Crippen LogP contribution in [0.5, 0.6) is 5.75 Å². The highest BCUT2D eigenvalue weighted by molar-refractivity contribution is 5.44. The minimum atomic E-state index is -0.618. The van der Waals surface area contributed by atoms with Crippen molar-refractivity contribution in [2.75, 3.05) is 19.8 Å². The number of aliphatic hydroxyl groups is 2. The Kier molecular flexibility index (Phi) is 4.58. The van der Waals surface area contributed by atoms with Crippen LogP contribution in [0.25, 0.3) is 0 Å². The minimum Gasteiger partial charge on any atom is -0.491 e. The minimum absolute atomic E-state index is 0.215. The summed E-state index contributed by atoms with van der Waals surface area (Å²) in [4.78, 5) is 0. The summed E-state index contributed by atoms with van der Waals surface area (Å²) in [6.45, 7) is 2.98. The summed E-state index contributed by atoms with van der Waals surface area (Å²) >= 11 is 0. The van der Waals surface area contributed by atoms with Gasteiger partial charge in [-0.3, -0.25) is 0 Å². The molecule has 1 aromatic rings. The molecular formula is C14H20O4. The first kappa shape index (κ1) is 13.3. The van der Waals surface area contributed by atoms with Gasteiger partial charge in [0.15, 0.2) is 0 Å². The molecule has 0 aliphatic heterocycles. The lowest BCUT2D eigenvalue weighted by atomic mass is 10.1. The standard InChI is InChI=1S/C14H20O4/c1-2-17-8-10(15)9-18-14-5-3-4-11-12(14)6-7-13(11)16/h3-5,10,13,15-16H,2,6-9H2,1H3. The third-order valence-corrected chi connectivity index (χ3v) is 3.14. The molecule has 1 aliphatic carbocycles. The summed E-state index contributed by atoms with van der Waals surface area (Å²) in [7, 11) is 0. The first-order valence-corrected chi connectivity index (χ1v) is 6.40. The first-order chi connectivity index (χ1) is 8.72. The zero-order chi connectivity index (χ0) is 13.0. The second-order valence-electron chi connectivity index (χ2n) is 4.50. The fraction of sp³-hybridized carbons (Fsp3) is 0.571. The van der Waals surface area contributed by atoms with Gasteiger partial charge in [0.25, 0.3) is 0 Å². The summed E-state index contributed by atoms with van der Waals surface area (Å²) in [5, 5.41) is 19.4. The fourth-order valence-corrected chi connectivity index (χ4v) is 2.22. The molecule has 0 bridgehead atoms. The van der Waals surface area contributed by atoms with Crippen molar-refractivity contribution >= 4 is 0 Å². The normalized spacial score (nSPS) is 19.6. The van der Waals surface area contributed by atoms with Gasteiger partial charge >= 0.3 is 0 Å². The molecule has 0 spiro atoms. The first-order valence-electron chi connectivity index (χ1n) is 6.40. The molecule has 0 aromatic heterocycles. The van der Waals surface area contributed by atoms with Gasteiger partial charge in [0.1, 0.15) is 18.5 Å². The highest BCUT2D eigenvalue weighted by atomic mass is 16.5. The summed E-state index contributed by atoms with van der Waals surface area (Å²) in [5.41, 5.74) is 2.01. The van der Waals surface area contributed by atoms with E-state index in [-0.39, 0.29) is 19.3 Å². The van der Waals surface area contributed by atoms with Crippen molar-refractivity contribution in [1.29, 1.82) is 0 Å². The number of fused-ring (bicyclic) bond motifs is 1. The van der Waals surface area contributed by atoms with E-state index in [9.17, 15) is 10.2 Å². The Morgan fingerprint density at radius 1 is 1.39 bits per heavy atom. The predicted molar refractivity (Wildman–Crippen MR) is 67.7 cm³/mol. The summed E-state index contributed by atoms with van der Waals surface area (Å²) < 4.78 is 10.7. The van der Waals surface area contributed by atoms with Crippen LogP contribution in [0.1, 0.15) is 30.6 Å². The van der Waals surface area contributed by atoms with E-state index in [1.807, 2.05) is 25.1 Å². The van der Waals surface area contributed by atoms with Crippen LogP contribution in [0.2, 0.25) is 0 Å². The Bertz CT molecular complexity index is 391. The Morgan fingerprint density at radius 2 is 2.22 bits per heavy atom. The van der Waals surface area contributed by atoms with Crippen LogP contribution in [-0.4, -0.2) is 36.1 Å². The van der Waals surface area contributed by atoms with Crippen molar-refractivity contribution in [3.63, 3.8) is 0 Å². The molecule has 0 fully saturated rings. The molecule has 2 atom stereocenters. The molecule has 100 valence electrons. The molecule has 2 rings (SSSR count). The van der Waals surface area contributed by atoms with Crippen molar-refractivity contribution in [3.8, 4) is 5.75 Å². The molecule has 0 saturated carbocycles. The third-order valence-electron chi connectivity index (χ3n) is 3.14. The summed E-state index contributed by atoms with van der Waals surface area (Å²) in [6.07, 6.45) is 0.579. The molecule has 1 aromatic carbocycles. The Balaban J connectivity index is 1.94. The number of rotatable bonds is 6. The van der Waals surface area contributed by atoms with Crippen molar-refractivity contribution in [2.24, 2.45) is 0 Å². The van der Waals surface area contributed by atoms with Crippen molar-refractivity contribution in [1.82, 2.24) is 0 Å². The van der Waals surface area contributed by atoms with Crippen LogP contribution < -0.4 is 4.74 Å². The monoisotopic (exact) mass is 252 g/mol. The Morgan fingerprint density at radius 3 is 3.00 bits per heavy atom. The number of hydrogen-bond donors (Lipinski definition) is 2. The predicted octanol–water partition coefficient (Wildman–Crippen LogP) is 1.44. The molecule has 0 heterocycles. The van der Waals surface area contributed by atoms with Crippen molar-refractivity contribution < 1.29 is 19.7 Å². The van der Waals surface area contributed by atoms with E-state index in [1.165, 1.54) is 0 Å². The summed E-state index contributed by atoms with van der Waals surface area (Å²) in [5.74, 6) is 0.764. The van der Waals surface area contributed by atoms with Gasteiger partial charge in [-0.25, -0.2) is 0 Å². The lowest BCUT2D eigenvalue weighted by molar-refractivity contribution is 0.0163. The largest absolute Gasteiger partial charge is 0.491 e. The highest BCUT2D eigenvalue weighted by Crippen LogP contribution is 2.36. The molecule has 0 radical (unpaired) electrons. The van der Waals surface area contributed by atoms with E-state index in [1.54, 1.807) is 0 Å². The lowest BCUT2D eigenvalue weighted by Gasteiger charge is -2.14. The molecule has 2 N–H and O–H groups in total. The molecule has 0 saturated heterocycles. The van der Waals surface area contributed by atoms with Gasteiger partial charge in [-0.2, -0.15) is 0 Å². The van der Waals surface area contributed by atoms with Gasteiger partial charge < -0.3 is 19.7 Å². The topological polar surface area (TPSA) is 58.9 Å². The zero-order valence-corrected chi connectivity index (χ0v) is 10.6. The number of ether oxygens (including phenoxy) is 2. The lowest BCUT2D eigenvalue weighted by Crippen LogP contribution is -2.23. The quantitative estimate of drug-likeness (QED) is 0.804. The molecule has 0 amide bonds. The van der Waals surface area contributed by atoms with Crippen molar-refractivity contribution in [3.05, 3.63) is 29.3 Å². The number of aliphatic hydroxyl groups excluding tert-OH is 2. The maximum Gasteiger partial charge on any atom is 0.122 e. The summed E-state index contributed by atoms with van der Waals surface area (Å²) in [6, 6.07) is 5.68. The third kappa shape index (κ3) is 3.02. The van der Waals surface area contributed by atoms with Crippen LogP contribution >= 0.6 is 0 Å². The zero-order valence-electron chi connectivity index (χ0n) is 10.6. The maximum atomic E-state index is 9.77.